The first-order valence-corrected chi connectivity index (χ1v) is 8.53. The number of anilines is 1. The van der Waals surface area contributed by atoms with Gasteiger partial charge in [0.2, 0.25) is 5.91 Å². The van der Waals surface area contributed by atoms with Gasteiger partial charge in [-0.05, 0) is 43.7 Å². The average Bonchev–Trinajstić information content (AvgIpc) is 2.49. The Morgan fingerprint density at radius 1 is 1.40 bits per heavy atom. The van der Waals surface area contributed by atoms with Crippen molar-refractivity contribution in [2.24, 2.45) is 0 Å². The van der Waals surface area contributed by atoms with Gasteiger partial charge in [-0.1, -0.05) is 25.5 Å². The number of nitrogens with one attached hydrogen (secondary N) is 2. The highest BCUT2D eigenvalue weighted by Crippen LogP contribution is 2.26. The van der Waals surface area contributed by atoms with Gasteiger partial charge in [0, 0.05) is 17.4 Å². The van der Waals surface area contributed by atoms with E-state index in [1.165, 1.54) is 19.3 Å². The molecule has 4 heteroatoms. The van der Waals surface area contributed by atoms with Crippen molar-refractivity contribution in [3.05, 3.63) is 24.3 Å². The van der Waals surface area contributed by atoms with E-state index in [1.807, 2.05) is 18.2 Å². The number of benzene rings is 1. The number of hydrogen-bond donors (Lipinski definition) is 2. The number of thioether (sulfide) groups is 1. The maximum Gasteiger partial charge on any atom is 0.224 e. The van der Waals surface area contributed by atoms with Crippen LogP contribution in [0.5, 0.6) is 0 Å². The van der Waals surface area contributed by atoms with E-state index >= 15 is 0 Å². The molecule has 1 aliphatic rings. The summed E-state index contributed by atoms with van der Waals surface area (Å²) in [6.45, 7) is 3.22. The van der Waals surface area contributed by atoms with Gasteiger partial charge < -0.3 is 10.6 Å². The standard InChI is InChI=1S/C16H24N2OS/c1-2-20-15-9-4-3-8-14(15)18-16(19)11-10-13-7-5-6-12-17-13/h3-4,8-9,13,17H,2,5-7,10-12H2,1H3,(H,18,19). The molecule has 110 valence electrons. The fourth-order valence-electron chi connectivity index (χ4n) is 2.54. The van der Waals surface area contributed by atoms with Gasteiger partial charge in [0.25, 0.3) is 0 Å². The second-order valence-corrected chi connectivity index (χ2v) is 6.47. The van der Waals surface area contributed by atoms with Crippen molar-refractivity contribution in [3.8, 4) is 0 Å². The summed E-state index contributed by atoms with van der Waals surface area (Å²) in [5.41, 5.74) is 0.945. The summed E-state index contributed by atoms with van der Waals surface area (Å²) in [6.07, 6.45) is 5.30. The quantitative estimate of drug-likeness (QED) is 0.786. The average molecular weight is 292 g/mol. The van der Waals surface area contributed by atoms with Gasteiger partial charge in [-0.3, -0.25) is 4.79 Å². The van der Waals surface area contributed by atoms with Crippen molar-refractivity contribution in [3.63, 3.8) is 0 Å². The molecule has 1 atom stereocenters. The minimum atomic E-state index is 0.126. The zero-order valence-electron chi connectivity index (χ0n) is 12.2. The Balaban J connectivity index is 1.81. The number of para-hydroxylation sites is 1. The van der Waals surface area contributed by atoms with Crippen LogP contribution in [-0.4, -0.2) is 24.2 Å². The summed E-state index contributed by atoms with van der Waals surface area (Å²) in [6, 6.07) is 8.55. The topological polar surface area (TPSA) is 41.1 Å². The highest BCUT2D eigenvalue weighted by molar-refractivity contribution is 7.99. The molecule has 0 aromatic heterocycles. The normalized spacial score (nSPS) is 18.8. The van der Waals surface area contributed by atoms with Crippen molar-refractivity contribution >= 4 is 23.4 Å². The molecule has 0 spiro atoms. The van der Waals surface area contributed by atoms with Crippen molar-refractivity contribution in [2.45, 2.75) is 50.0 Å². The van der Waals surface area contributed by atoms with E-state index < -0.39 is 0 Å². The first kappa shape index (κ1) is 15.4. The highest BCUT2D eigenvalue weighted by atomic mass is 32.2. The van der Waals surface area contributed by atoms with Crippen LogP contribution in [-0.2, 0) is 4.79 Å². The zero-order valence-corrected chi connectivity index (χ0v) is 13.0. The Kier molecular flexibility index (Phi) is 6.40. The number of rotatable bonds is 6. The number of piperidine rings is 1. The maximum absolute atomic E-state index is 12.1. The lowest BCUT2D eigenvalue weighted by atomic mass is 10.0. The third-order valence-electron chi connectivity index (χ3n) is 3.59. The molecule has 20 heavy (non-hydrogen) atoms. The molecule has 0 bridgehead atoms. The van der Waals surface area contributed by atoms with E-state index in [9.17, 15) is 4.79 Å². The first-order valence-electron chi connectivity index (χ1n) is 7.54. The molecule has 1 aliphatic heterocycles. The molecule has 1 saturated heterocycles. The Bertz CT molecular complexity index is 430. The second-order valence-electron chi connectivity index (χ2n) is 5.16. The van der Waals surface area contributed by atoms with Crippen LogP contribution < -0.4 is 10.6 Å². The van der Waals surface area contributed by atoms with E-state index in [0.29, 0.717) is 12.5 Å². The summed E-state index contributed by atoms with van der Waals surface area (Å²) < 4.78 is 0. The Labute approximate surface area is 125 Å². The van der Waals surface area contributed by atoms with Crippen molar-refractivity contribution in [2.75, 3.05) is 17.6 Å². The molecule has 0 aliphatic carbocycles. The molecule has 1 heterocycles. The van der Waals surface area contributed by atoms with Gasteiger partial charge in [-0.15, -0.1) is 11.8 Å². The van der Waals surface area contributed by atoms with Crippen molar-refractivity contribution in [1.29, 1.82) is 0 Å². The minimum absolute atomic E-state index is 0.126. The molecule has 1 fully saturated rings. The first-order chi connectivity index (χ1) is 9.79. The fourth-order valence-corrected chi connectivity index (χ4v) is 3.30. The smallest absolute Gasteiger partial charge is 0.224 e. The molecule has 1 unspecified atom stereocenters. The molecule has 2 rings (SSSR count). The van der Waals surface area contributed by atoms with Gasteiger partial charge in [0.05, 0.1) is 5.69 Å². The molecule has 1 amide bonds. The number of carbonyl (C=O) groups excluding carboxylic acids is 1. The van der Waals surface area contributed by atoms with Crippen LogP contribution in [0.1, 0.15) is 39.0 Å². The molecule has 1 aromatic rings. The Morgan fingerprint density at radius 3 is 3.00 bits per heavy atom. The van der Waals surface area contributed by atoms with Gasteiger partial charge in [-0.25, -0.2) is 0 Å². The monoisotopic (exact) mass is 292 g/mol. The van der Waals surface area contributed by atoms with E-state index in [1.54, 1.807) is 11.8 Å². The third kappa shape index (κ3) is 4.84. The van der Waals surface area contributed by atoms with E-state index in [4.69, 9.17) is 0 Å². The summed E-state index contributed by atoms with van der Waals surface area (Å²) in [5.74, 6) is 1.14. The SMILES string of the molecule is CCSc1ccccc1NC(=O)CCC1CCCCN1. The molecule has 0 radical (unpaired) electrons. The van der Waals surface area contributed by atoms with Crippen LogP contribution in [0, 0.1) is 0 Å². The summed E-state index contributed by atoms with van der Waals surface area (Å²) in [7, 11) is 0. The largest absolute Gasteiger partial charge is 0.325 e. The Hall–Kier alpha value is -1.00. The van der Waals surface area contributed by atoms with Crippen LogP contribution >= 0.6 is 11.8 Å². The summed E-state index contributed by atoms with van der Waals surface area (Å²) in [4.78, 5) is 13.2. The number of amides is 1. The molecule has 1 aromatic carbocycles. The lowest BCUT2D eigenvalue weighted by Crippen LogP contribution is -2.34. The van der Waals surface area contributed by atoms with Crippen LogP contribution in [0.15, 0.2) is 29.2 Å². The second kappa shape index (κ2) is 8.32. The van der Waals surface area contributed by atoms with E-state index in [-0.39, 0.29) is 5.91 Å². The van der Waals surface area contributed by atoms with Crippen molar-refractivity contribution < 1.29 is 4.79 Å². The summed E-state index contributed by atoms with van der Waals surface area (Å²) in [5, 5.41) is 6.53. The number of carbonyl (C=O) groups is 1. The predicted octanol–water partition coefficient (Wildman–Crippen LogP) is 3.66. The van der Waals surface area contributed by atoms with Crippen LogP contribution in [0.3, 0.4) is 0 Å². The van der Waals surface area contributed by atoms with E-state index in [0.717, 1.165) is 29.3 Å². The van der Waals surface area contributed by atoms with Crippen LogP contribution in [0.25, 0.3) is 0 Å². The fraction of sp³-hybridized carbons (Fsp3) is 0.562. The maximum atomic E-state index is 12.1. The van der Waals surface area contributed by atoms with Crippen molar-refractivity contribution in [1.82, 2.24) is 5.32 Å². The highest BCUT2D eigenvalue weighted by Gasteiger charge is 2.14. The van der Waals surface area contributed by atoms with Crippen LogP contribution in [0.2, 0.25) is 0 Å². The molecular formula is C16H24N2OS. The van der Waals surface area contributed by atoms with Gasteiger partial charge in [-0.2, -0.15) is 0 Å². The van der Waals surface area contributed by atoms with Gasteiger partial charge in [0.15, 0.2) is 0 Å². The molecule has 2 N–H and O–H groups in total. The lowest BCUT2D eigenvalue weighted by Gasteiger charge is -2.23. The summed E-state index contributed by atoms with van der Waals surface area (Å²) >= 11 is 1.76. The Morgan fingerprint density at radius 2 is 2.25 bits per heavy atom. The molecule has 0 saturated carbocycles. The van der Waals surface area contributed by atoms with E-state index in [2.05, 4.69) is 23.6 Å². The van der Waals surface area contributed by atoms with Crippen LogP contribution in [0.4, 0.5) is 5.69 Å². The molecule has 3 nitrogen and oxygen atoms in total. The zero-order chi connectivity index (χ0) is 14.2. The predicted molar refractivity (Wildman–Crippen MR) is 86.3 cm³/mol. The van der Waals surface area contributed by atoms with Gasteiger partial charge >= 0.3 is 0 Å². The number of hydrogen-bond acceptors (Lipinski definition) is 3. The minimum Gasteiger partial charge on any atom is -0.325 e. The lowest BCUT2D eigenvalue weighted by molar-refractivity contribution is -0.116. The molecular weight excluding hydrogens is 268 g/mol. The third-order valence-corrected chi connectivity index (χ3v) is 4.55. The van der Waals surface area contributed by atoms with Gasteiger partial charge in [0.1, 0.15) is 0 Å².